The highest BCUT2D eigenvalue weighted by Crippen LogP contribution is 2.27. The van der Waals surface area contributed by atoms with Gasteiger partial charge in [0.1, 0.15) is 0 Å². The number of carbonyl (C=O) groups is 1. The van der Waals surface area contributed by atoms with E-state index in [0.29, 0.717) is 6.42 Å². The lowest BCUT2D eigenvalue weighted by Crippen LogP contribution is -2.52. The molecule has 0 bridgehead atoms. The van der Waals surface area contributed by atoms with Crippen molar-refractivity contribution in [3.8, 4) is 0 Å². The Balaban J connectivity index is 1.77. The van der Waals surface area contributed by atoms with Crippen LogP contribution in [0.2, 0.25) is 0 Å². The van der Waals surface area contributed by atoms with Gasteiger partial charge in [0.2, 0.25) is 5.91 Å². The van der Waals surface area contributed by atoms with E-state index in [1.165, 1.54) is 0 Å². The highest BCUT2D eigenvalue weighted by molar-refractivity contribution is 5.90. The second-order valence-corrected chi connectivity index (χ2v) is 6.20. The van der Waals surface area contributed by atoms with Gasteiger partial charge in [-0.05, 0) is 30.5 Å². The second-order valence-electron chi connectivity index (χ2n) is 6.20. The molecule has 2 rings (SSSR count). The molecule has 20 heavy (non-hydrogen) atoms. The lowest BCUT2D eigenvalue weighted by molar-refractivity contribution is -0.116. The fourth-order valence-electron chi connectivity index (χ4n) is 2.60. The van der Waals surface area contributed by atoms with E-state index < -0.39 is 0 Å². The summed E-state index contributed by atoms with van der Waals surface area (Å²) in [4.78, 5) is 18.2. The first kappa shape index (κ1) is 14.9. The Morgan fingerprint density at radius 3 is 3.05 bits per heavy atom. The number of amides is 1. The minimum atomic E-state index is 0.0330. The molecule has 1 aliphatic rings. The summed E-state index contributed by atoms with van der Waals surface area (Å²) in [6.07, 6.45) is 4.84. The van der Waals surface area contributed by atoms with Crippen molar-refractivity contribution in [3.63, 3.8) is 0 Å². The summed E-state index contributed by atoms with van der Waals surface area (Å²) in [5.41, 5.74) is 6.99. The molecule has 1 saturated heterocycles. The first-order valence-corrected chi connectivity index (χ1v) is 7.15. The number of hydrogen-bond donors (Lipinski definition) is 2. The molecule has 2 heterocycles. The molecule has 5 nitrogen and oxygen atoms in total. The number of piperidine rings is 1. The maximum atomic E-state index is 11.9. The number of nitrogens with two attached hydrogens (primary N) is 1. The number of carbonyl (C=O) groups excluding carboxylic acids is 1. The van der Waals surface area contributed by atoms with Crippen molar-refractivity contribution in [3.05, 3.63) is 24.5 Å². The molecule has 1 aromatic heterocycles. The van der Waals surface area contributed by atoms with Crippen molar-refractivity contribution in [2.45, 2.75) is 32.7 Å². The Hall–Kier alpha value is -1.46. The minimum absolute atomic E-state index is 0.0330. The smallest absolute Gasteiger partial charge is 0.225 e. The maximum Gasteiger partial charge on any atom is 0.225 e. The highest BCUT2D eigenvalue weighted by Gasteiger charge is 2.33. The summed E-state index contributed by atoms with van der Waals surface area (Å²) in [5, 5.41) is 2.86. The zero-order valence-corrected chi connectivity index (χ0v) is 12.3. The first-order chi connectivity index (χ1) is 9.47. The van der Waals surface area contributed by atoms with Crippen molar-refractivity contribution >= 4 is 11.6 Å². The summed E-state index contributed by atoms with van der Waals surface area (Å²) in [6, 6.07) is 3.90. The number of rotatable bonds is 4. The van der Waals surface area contributed by atoms with Crippen molar-refractivity contribution < 1.29 is 4.79 Å². The fraction of sp³-hybridized carbons (Fsp3) is 0.600. The molecule has 0 aromatic carbocycles. The van der Waals surface area contributed by atoms with Gasteiger partial charge in [0, 0.05) is 31.7 Å². The zero-order chi connectivity index (χ0) is 14.6. The lowest BCUT2D eigenvalue weighted by Gasteiger charge is -2.42. The average molecular weight is 276 g/mol. The van der Waals surface area contributed by atoms with E-state index in [1.54, 1.807) is 12.4 Å². The molecule has 0 spiro atoms. The van der Waals surface area contributed by atoms with E-state index in [-0.39, 0.29) is 17.4 Å². The minimum Gasteiger partial charge on any atom is -0.327 e. The summed E-state index contributed by atoms with van der Waals surface area (Å²) < 4.78 is 0. The molecule has 1 aromatic rings. The Bertz CT molecular complexity index is 446. The van der Waals surface area contributed by atoms with Crippen LogP contribution in [0.4, 0.5) is 5.69 Å². The standard InChI is InChI=1S/C15H24N4O/c1-15(2)11-19(8-5-13(15)16)9-6-14(20)18-12-4-3-7-17-10-12/h3-4,7,10,13H,5-6,8-9,11,16H2,1-2H3,(H,18,20). The van der Waals surface area contributed by atoms with Gasteiger partial charge in [0.05, 0.1) is 11.9 Å². The Morgan fingerprint density at radius 1 is 1.60 bits per heavy atom. The predicted octanol–water partition coefficient (Wildman–Crippen LogP) is 1.47. The van der Waals surface area contributed by atoms with Crippen LogP contribution in [0.15, 0.2) is 24.5 Å². The summed E-state index contributed by atoms with van der Waals surface area (Å²) in [7, 11) is 0. The fourth-order valence-corrected chi connectivity index (χ4v) is 2.60. The van der Waals surface area contributed by atoms with Gasteiger partial charge in [-0.15, -0.1) is 0 Å². The van der Waals surface area contributed by atoms with Crippen LogP contribution >= 0.6 is 0 Å². The molecule has 110 valence electrons. The van der Waals surface area contributed by atoms with Crippen LogP contribution in [0.25, 0.3) is 0 Å². The zero-order valence-electron chi connectivity index (χ0n) is 12.3. The second kappa shape index (κ2) is 6.33. The number of pyridine rings is 1. The molecule has 0 saturated carbocycles. The van der Waals surface area contributed by atoms with Gasteiger partial charge in [-0.25, -0.2) is 0 Å². The highest BCUT2D eigenvalue weighted by atomic mass is 16.1. The molecule has 1 fully saturated rings. The normalized spacial score (nSPS) is 22.4. The maximum absolute atomic E-state index is 11.9. The average Bonchev–Trinajstić information content (AvgIpc) is 2.41. The van der Waals surface area contributed by atoms with Crippen molar-refractivity contribution in [1.82, 2.24) is 9.88 Å². The molecule has 1 amide bonds. The van der Waals surface area contributed by atoms with E-state index in [9.17, 15) is 4.79 Å². The number of nitrogens with zero attached hydrogens (tertiary/aromatic N) is 2. The Kier molecular flexibility index (Phi) is 4.73. The monoisotopic (exact) mass is 276 g/mol. The lowest BCUT2D eigenvalue weighted by atomic mass is 9.80. The van der Waals surface area contributed by atoms with Gasteiger partial charge >= 0.3 is 0 Å². The summed E-state index contributed by atoms with van der Waals surface area (Å²) in [5.74, 6) is 0.0330. The van der Waals surface area contributed by atoms with E-state index in [1.807, 2.05) is 12.1 Å². The van der Waals surface area contributed by atoms with E-state index in [2.05, 4.69) is 29.0 Å². The molecule has 5 heteroatoms. The topological polar surface area (TPSA) is 71.2 Å². The molecule has 1 aliphatic heterocycles. The van der Waals surface area contributed by atoms with Crippen LogP contribution in [0.3, 0.4) is 0 Å². The van der Waals surface area contributed by atoms with E-state index >= 15 is 0 Å². The van der Waals surface area contributed by atoms with Crippen molar-refractivity contribution in [1.29, 1.82) is 0 Å². The van der Waals surface area contributed by atoms with Gasteiger partial charge in [-0.3, -0.25) is 9.78 Å². The van der Waals surface area contributed by atoms with Gasteiger partial charge in [0.25, 0.3) is 0 Å². The van der Waals surface area contributed by atoms with Gasteiger partial charge in [-0.1, -0.05) is 13.8 Å². The number of aromatic nitrogens is 1. The third-order valence-corrected chi connectivity index (χ3v) is 3.99. The van der Waals surface area contributed by atoms with Crippen molar-refractivity contribution in [2.75, 3.05) is 25.0 Å². The summed E-state index contributed by atoms with van der Waals surface area (Å²) >= 11 is 0. The quantitative estimate of drug-likeness (QED) is 0.873. The number of anilines is 1. The van der Waals surface area contributed by atoms with Crippen LogP contribution in [0, 0.1) is 5.41 Å². The molecule has 3 N–H and O–H groups in total. The molecule has 1 atom stereocenters. The van der Waals surface area contributed by atoms with E-state index in [0.717, 1.165) is 31.7 Å². The molecule has 1 unspecified atom stereocenters. The first-order valence-electron chi connectivity index (χ1n) is 7.15. The molecule has 0 radical (unpaired) electrons. The van der Waals surface area contributed by atoms with Crippen LogP contribution in [-0.4, -0.2) is 41.5 Å². The predicted molar refractivity (Wildman–Crippen MR) is 80.3 cm³/mol. The molecule has 0 aliphatic carbocycles. The van der Waals surface area contributed by atoms with Crippen LogP contribution in [-0.2, 0) is 4.79 Å². The molecular formula is C15H24N4O. The Labute approximate surface area is 120 Å². The third-order valence-electron chi connectivity index (χ3n) is 3.99. The van der Waals surface area contributed by atoms with Crippen LogP contribution in [0.1, 0.15) is 26.7 Å². The molecular weight excluding hydrogens is 252 g/mol. The largest absolute Gasteiger partial charge is 0.327 e. The van der Waals surface area contributed by atoms with Crippen molar-refractivity contribution in [2.24, 2.45) is 11.1 Å². The van der Waals surface area contributed by atoms with E-state index in [4.69, 9.17) is 5.73 Å². The van der Waals surface area contributed by atoms with Crippen LogP contribution in [0.5, 0.6) is 0 Å². The van der Waals surface area contributed by atoms with Gasteiger partial charge in [0.15, 0.2) is 0 Å². The number of likely N-dealkylation sites (tertiary alicyclic amines) is 1. The Morgan fingerprint density at radius 2 is 2.40 bits per heavy atom. The van der Waals surface area contributed by atoms with Gasteiger partial charge in [-0.2, -0.15) is 0 Å². The van der Waals surface area contributed by atoms with Gasteiger partial charge < -0.3 is 16.0 Å². The van der Waals surface area contributed by atoms with Crippen LogP contribution < -0.4 is 11.1 Å². The third kappa shape index (κ3) is 4.02. The number of nitrogens with one attached hydrogen (secondary N) is 1. The SMILES string of the molecule is CC1(C)CN(CCC(=O)Nc2cccnc2)CCC1N. The number of hydrogen-bond acceptors (Lipinski definition) is 4. The summed E-state index contributed by atoms with van der Waals surface area (Å²) in [6.45, 7) is 7.10.